The van der Waals surface area contributed by atoms with E-state index in [0.717, 1.165) is 54.7 Å². The lowest BCUT2D eigenvalue weighted by Gasteiger charge is -2.35. The molecule has 5 aromatic rings. The van der Waals surface area contributed by atoms with E-state index in [2.05, 4.69) is 32.4 Å². The van der Waals surface area contributed by atoms with Crippen molar-refractivity contribution in [2.24, 2.45) is 0 Å². The normalized spacial score (nSPS) is 18.0. The number of hydrogen-bond acceptors (Lipinski definition) is 7. The first-order valence-electron chi connectivity index (χ1n) is 14.7. The molecule has 1 N–H and O–H groups in total. The van der Waals surface area contributed by atoms with Crippen LogP contribution < -0.4 is 10.2 Å². The number of nitrogens with one attached hydrogen (secondary N) is 1. The van der Waals surface area contributed by atoms with Crippen LogP contribution in [-0.4, -0.2) is 80.3 Å². The monoisotopic (exact) mass is 578 g/mol. The Hall–Kier alpha value is -4.77. The summed E-state index contributed by atoms with van der Waals surface area (Å²) in [7, 11) is 3.67. The molecule has 2 aliphatic rings. The van der Waals surface area contributed by atoms with Crippen LogP contribution in [0.1, 0.15) is 35.2 Å². The number of anilines is 1. The van der Waals surface area contributed by atoms with E-state index in [1.807, 2.05) is 59.1 Å². The van der Waals surface area contributed by atoms with Gasteiger partial charge in [0.1, 0.15) is 23.6 Å². The fourth-order valence-electron chi connectivity index (χ4n) is 5.88. The largest absolute Gasteiger partial charge is 0.379 e. The summed E-state index contributed by atoms with van der Waals surface area (Å²) in [5.41, 5.74) is 4.22. The molecule has 1 unspecified atom stereocenters. The van der Waals surface area contributed by atoms with Gasteiger partial charge in [0.2, 0.25) is 5.91 Å². The average Bonchev–Trinajstić information content (AvgIpc) is 3.56. The number of rotatable bonds is 9. The molecule has 0 spiro atoms. The van der Waals surface area contributed by atoms with Gasteiger partial charge in [-0.1, -0.05) is 30.3 Å². The number of methoxy groups -OCH3 is 1. The molecule has 0 radical (unpaired) electrons. The molecule has 11 nitrogen and oxygen atoms in total. The van der Waals surface area contributed by atoms with Gasteiger partial charge in [-0.2, -0.15) is 9.61 Å². The van der Waals surface area contributed by atoms with Crippen LogP contribution in [0.15, 0.2) is 67.1 Å². The van der Waals surface area contributed by atoms with Crippen LogP contribution in [0, 0.1) is 0 Å². The van der Waals surface area contributed by atoms with Gasteiger partial charge in [0, 0.05) is 63.2 Å². The van der Waals surface area contributed by atoms with Gasteiger partial charge in [0.05, 0.1) is 24.0 Å². The predicted octanol–water partition coefficient (Wildman–Crippen LogP) is 3.52. The number of pyridine rings is 1. The third kappa shape index (κ3) is 4.99. The van der Waals surface area contributed by atoms with Gasteiger partial charge in [0.25, 0.3) is 5.91 Å². The number of aromatic nitrogens is 5. The Morgan fingerprint density at radius 2 is 1.93 bits per heavy atom. The van der Waals surface area contributed by atoms with Crippen molar-refractivity contribution in [1.29, 1.82) is 0 Å². The zero-order chi connectivity index (χ0) is 29.5. The smallest absolute Gasteiger partial charge is 0.257 e. The van der Waals surface area contributed by atoms with Gasteiger partial charge in [-0.3, -0.25) is 9.59 Å². The van der Waals surface area contributed by atoms with E-state index < -0.39 is 0 Å². The zero-order valence-electron chi connectivity index (χ0n) is 24.3. The predicted molar refractivity (Wildman–Crippen MR) is 163 cm³/mol. The quantitative estimate of drug-likeness (QED) is 0.285. The SMILES string of the molecule is CO[C@H]1CCC1NC(=O)c1cnn2c(N(C)Cc3ccccc3)cc(-c3cn(CC(=O)N4CCC4)c4ncccc34)nc12. The van der Waals surface area contributed by atoms with Crippen molar-refractivity contribution in [3.05, 3.63) is 78.2 Å². The molecule has 11 heteroatoms. The molecule has 1 aliphatic carbocycles. The fraction of sp³-hybridized carbons (Fsp3) is 0.344. The molecule has 43 heavy (non-hydrogen) atoms. The third-order valence-corrected chi connectivity index (χ3v) is 8.61. The van der Waals surface area contributed by atoms with Crippen LogP contribution in [0.3, 0.4) is 0 Å². The van der Waals surface area contributed by atoms with Crippen molar-refractivity contribution in [3.63, 3.8) is 0 Å². The van der Waals surface area contributed by atoms with Crippen LogP contribution in [-0.2, 0) is 22.6 Å². The summed E-state index contributed by atoms with van der Waals surface area (Å²) < 4.78 is 9.11. The number of hydrogen-bond donors (Lipinski definition) is 1. The van der Waals surface area contributed by atoms with Crippen LogP contribution in [0.4, 0.5) is 5.82 Å². The number of benzene rings is 1. The van der Waals surface area contributed by atoms with Gasteiger partial charge in [-0.15, -0.1) is 0 Å². The summed E-state index contributed by atoms with van der Waals surface area (Å²) in [5, 5.41) is 8.62. The Kier molecular flexibility index (Phi) is 7.02. The molecule has 7 rings (SSSR count). The lowest BCUT2D eigenvalue weighted by Crippen LogP contribution is -2.51. The number of carbonyl (C=O) groups is 2. The molecule has 1 saturated heterocycles. The van der Waals surface area contributed by atoms with Crippen molar-refractivity contribution in [2.45, 2.75) is 44.5 Å². The molecular weight excluding hydrogens is 544 g/mol. The van der Waals surface area contributed by atoms with Crippen LogP contribution in [0.25, 0.3) is 27.9 Å². The first-order chi connectivity index (χ1) is 21.0. The molecule has 2 fully saturated rings. The van der Waals surface area contributed by atoms with Crippen LogP contribution >= 0.6 is 0 Å². The molecule has 5 heterocycles. The number of amides is 2. The van der Waals surface area contributed by atoms with E-state index in [0.29, 0.717) is 29.1 Å². The standard InChI is InChI=1S/C32H34N8O3/c1-37(18-21-8-4-3-5-9-21)28-16-26(35-31-23(17-34-40(28)31)32(42)36-25-11-12-27(25)43-2)24-19-39(20-29(41)38-14-7-15-38)30-22(24)10-6-13-33-30/h3-6,8-10,13,16-17,19,25,27H,7,11-12,14-15,18,20H2,1-2H3,(H,36,42)/t25?,27-/m0/s1. The maximum absolute atomic E-state index is 13.5. The highest BCUT2D eigenvalue weighted by Crippen LogP contribution is 2.33. The topological polar surface area (TPSA) is 110 Å². The Morgan fingerprint density at radius 3 is 2.65 bits per heavy atom. The van der Waals surface area contributed by atoms with Gasteiger partial charge in [0.15, 0.2) is 5.65 Å². The van der Waals surface area contributed by atoms with E-state index in [1.165, 1.54) is 0 Å². The van der Waals surface area contributed by atoms with Crippen molar-refractivity contribution >= 4 is 34.3 Å². The molecular formula is C32H34N8O3. The van der Waals surface area contributed by atoms with E-state index in [9.17, 15) is 9.59 Å². The van der Waals surface area contributed by atoms with Crippen LogP contribution in [0.5, 0.6) is 0 Å². The van der Waals surface area contributed by atoms with E-state index >= 15 is 0 Å². The van der Waals surface area contributed by atoms with E-state index in [1.54, 1.807) is 24.0 Å². The summed E-state index contributed by atoms with van der Waals surface area (Å²) in [5.74, 6) is 0.627. The second-order valence-electron chi connectivity index (χ2n) is 11.3. The molecule has 1 aliphatic heterocycles. The third-order valence-electron chi connectivity index (χ3n) is 8.61. The number of fused-ring (bicyclic) bond motifs is 2. The van der Waals surface area contributed by atoms with Crippen molar-refractivity contribution in [1.82, 2.24) is 34.4 Å². The first-order valence-corrected chi connectivity index (χ1v) is 14.7. The summed E-state index contributed by atoms with van der Waals surface area (Å²) >= 11 is 0. The highest BCUT2D eigenvalue weighted by Gasteiger charge is 2.33. The fourth-order valence-corrected chi connectivity index (χ4v) is 5.88. The van der Waals surface area contributed by atoms with Crippen LogP contribution in [0.2, 0.25) is 0 Å². The number of ether oxygens (including phenoxy) is 1. The van der Waals surface area contributed by atoms with E-state index in [4.69, 9.17) is 9.72 Å². The van der Waals surface area contributed by atoms with Crippen molar-refractivity contribution < 1.29 is 14.3 Å². The number of nitrogens with zero attached hydrogens (tertiary/aromatic N) is 7. The van der Waals surface area contributed by atoms with Gasteiger partial charge in [-0.05, 0) is 37.0 Å². The summed E-state index contributed by atoms with van der Waals surface area (Å²) in [6, 6.07) is 16.0. The highest BCUT2D eigenvalue weighted by molar-refractivity contribution is 6.01. The average molecular weight is 579 g/mol. The molecule has 4 aromatic heterocycles. The number of carbonyl (C=O) groups excluding carboxylic acids is 2. The van der Waals surface area contributed by atoms with Crippen molar-refractivity contribution in [2.75, 3.05) is 32.1 Å². The summed E-state index contributed by atoms with van der Waals surface area (Å²) in [6.07, 6.45) is 8.11. The molecule has 0 bridgehead atoms. The molecule has 220 valence electrons. The van der Waals surface area contributed by atoms with Gasteiger partial charge < -0.3 is 24.4 Å². The Bertz CT molecular complexity index is 1810. The second kappa shape index (κ2) is 11.1. The Labute approximate surface area is 249 Å². The second-order valence-corrected chi connectivity index (χ2v) is 11.3. The van der Waals surface area contributed by atoms with Gasteiger partial charge in [-0.25, -0.2) is 9.97 Å². The lowest BCUT2D eigenvalue weighted by molar-refractivity contribution is -0.135. The maximum Gasteiger partial charge on any atom is 0.257 e. The Balaban J connectivity index is 1.33. The lowest BCUT2D eigenvalue weighted by atomic mass is 9.89. The molecule has 1 aromatic carbocycles. The number of likely N-dealkylation sites (tertiary alicyclic amines) is 1. The Morgan fingerprint density at radius 1 is 1.09 bits per heavy atom. The molecule has 2 amide bonds. The van der Waals surface area contributed by atoms with E-state index in [-0.39, 0.29) is 30.5 Å². The maximum atomic E-state index is 13.5. The van der Waals surface area contributed by atoms with Gasteiger partial charge >= 0.3 is 0 Å². The molecule has 1 saturated carbocycles. The zero-order valence-corrected chi connectivity index (χ0v) is 24.3. The highest BCUT2D eigenvalue weighted by atomic mass is 16.5. The summed E-state index contributed by atoms with van der Waals surface area (Å²) in [6.45, 7) is 2.43. The summed E-state index contributed by atoms with van der Waals surface area (Å²) in [4.78, 5) is 40.0. The minimum Gasteiger partial charge on any atom is -0.379 e. The minimum absolute atomic E-state index is 0.0134. The van der Waals surface area contributed by atoms with Crippen molar-refractivity contribution in [3.8, 4) is 11.3 Å². The first kappa shape index (κ1) is 27.1. The molecule has 2 atom stereocenters. The minimum atomic E-state index is -0.229.